The third-order valence-electron chi connectivity index (χ3n) is 5.69. The molecule has 152 valence electrons. The Bertz CT molecular complexity index is 566. The lowest BCUT2D eigenvalue weighted by molar-refractivity contribution is -0.133. The number of aliphatic hydroxyl groups excluding tert-OH is 1. The van der Waals surface area contributed by atoms with Crippen LogP contribution in [0.25, 0.3) is 0 Å². The normalized spacial score (nSPS) is 23.1. The molecule has 2 N–H and O–H groups in total. The highest BCUT2D eigenvalue weighted by Crippen LogP contribution is 2.38. The van der Waals surface area contributed by atoms with Crippen molar-refractivity contribution in [2.75, 3.05) is 11.6 Å². The van der Waals surface area contributed by atoms with Crippen LogP contribution in [0.4, 0.5) is 5.69 Å². The van der Waals surface area contributed by atoms with Crippen molar-refractivity contribution in [2.45, 2.75) is 84.3 Å². The molecule has 1 saturated heterocycles. The molecule has 27 heavy (non-hydrogen) atoms. The van der Waals surface area contributed by atoms with Gasteiger partial charge in [0.15, 0.2) is 6.23 Å². The molecule has 0 aliphatic carbocycles. The number of hydroxylamine groups is 1. The number of unbranched alkanes of at least 4 members (excludes halogenated alkanes) is 8. The molecule has 1 aliphatic rings. The van der Waals surface area contributed by atoms with Crippen molar-refractivity contribution in [1.82, 2.24) is 5.17 Å². The standard InChI is InChI=1S/C22H36N2O3/c1-3-4-5-6-7-8-9-10-14-17-20(25)22(2)18-23(27)24(21(22)26)19-15-12-11-13-16-19/h11-13,15-16,21,26-27H,3-10,14,17-18H2,1-2H3. The van der Waals surface area contributed by atoms with Crippen LogP contribution in [-0.4, -0.2) is 34.0 Å². The van der Waals surface area contributed by atoms with Crippen LogP contribution in [0.3, 0.4) is 0 Å². The van der Waals surface area contributed by atoms with Crippen LogP contribution >= 0.6 is 0 Å². The van der Waals surface area contributed by atoms with E-state index in [0.29, 0.717) is 12.1 Å². The van der Waals surface area contributed by atoms with E-state index in [-0.39, 0.29) is 12.3 Å². The Morgan fingerprint density at radius 3 is 2.19 bits per heavy atom. The van der Waals surface area contributed by atoms with Gasteiger partial charge in [0.05, 0.1) is 17.6 Å². The summed E-state index contributed by atoms with van der Waals surface area (Å²) in [5.74, 6) is 0.0235. The number of carbonyl (C=O) groups excluding carboxylic acids is 1. The summed E-state index contributed by atoms with van der Waals surface area (Å²) in [5, 5.41) is 23.4. The fraction of sp³-hybridized carbons (Fsp3) is 0.682. The fourth-order valence-corrected chi connectivity index (χ4v) is 3.82. The summed E-state index contributed by atoms with van der Waals surface area (Å²) in [6, 6.07) is 9.18. The molecule has 0 saturated carbocycles. The third-order valence-corrected chi connectivity index (χ3v) is 5.69. The van der Waals surface area contributed by atoms with Crippen molar-refractivity contribution in [3.8, 4) is 0 Å². The number of hydrogen-bond acceptors (Lipinski definition) is 5. The zero-order valence-electron chi connectivity index (χ0n) is 16.9. The lowest BCUT2D eigenvalue weighted by atomic mass is 9.82. The summed E-state index contributed by atoms with van der Waals surface area (Å²) in [5.41, 5.74) is -0.308. The second kappa shape index (κ2) is 10.8. The van der Waals surface area contributed by atoms with Crippen molar-refractivity contribution in [2.24, 2.45) is 5.41 Å². The number of benzene rings is 1. The first-order chi connectivity index (χ1) is 13.0. The van der Waals surface area contributed by atoms with E-state index >= 15 is 0 Å². The number of anilines is 1. The SMILES string of the molecule is CCCCCCCCCCCC(=O)C1(C)CN(O)N(c2ccccc2)C1O. The van der Waals surface area contributed by atoms with Crippen LogP contribution in [0.1, 0.15) is 78.1 Å². The van der Waals surface area contributed by atoms with Gasteiger partial charge in [0.1, 0.15) is 5.78 Å². The number of carbonyl (C=O) groups is 1. The predicted octanol–water partition coefficient (Wildman–Crippen LogP) is 4.93. The summed E-state index contributed by atoms with van der Waals surface area (Å²) in [6.45, 7) is 4.09. The van der Waals surface area contributed by atoms with Crippen molar-refractivity contribution >= 4 is 11.5 Å². The summed E-state index contributed by atoms with van der Waals surface area (Å²) >= 11 is 0. The summed E-state index contributed by atoms with van der Waals surface area (Å²) in [6.07, 6.45) is 10.3. The summed E-state index contributed by atoms with van der Waals surface area (Å²) < 4.78 is 0. The molecule has 0 amide bonds. The molecule has 1 aromatic rings. The maximum absolute atomic E-state index is 12.8. The number of Topliss-reactive ketones (excluding diaryl/α,β-unsaturated/α-hetero) is 1. The van der Waals surface area contributed by atoms with Gasteiger partial charge in [0, 0.05) is 6.42 Å². The smallest absolute Gasteiger partial charge is 0.157 e. The predicted molar refractivity (Wildman–Crippen MR) is 108 cm³/mol. The molecule has 0 spiro atoms. The molecule has 2 unspecified atom stereocenters. The minimum absolute atomic E-state index is 0.0235. The minimum Gasteiger partial charge on any atom is -0.371 e. The van der Waals surface area contributed by atoms with E-state index in [0.717, 1.165) is 18.0 Å². The molecule has 0 aromatic heterocycles. The van der Waals surface area contributed by atoms with Crippen molar-refractivity contribution in [3.05, 3.63) is 30.3 Å². The van der Waals surface area contributed by atoms with Gasteiger partial charge >= 0.3 is 0 Å². The van der Waals surface area contributed by atoms with Crippen molar-refractivity contribution in [3.63, 3.8) is 0 Å². The fourth-order valence-electron chi connectivity index (χ4n) is 3.82. The molecule has 2 atom stereocenters. The first-order valence-corrected chi connectivity index (χ1v) is 10.5. The highest BCUT2D eigenvalue weighted by molar-refractivity contribution is 5.86. The van der Waals surface area contributed by atoms with Crippen LogP contribution in [0.2, 0.25) is 0 Å². The number of rotatable bonds is 12. The van der Waals surface area contributed by atoms with Crippen LogP contribution in [0, 0.1) is 5.41 Å². The number of para-hydroxylation sites is 1. The molecule has 1 aromatic carbocycles. The van der Waals surface area contributed by atoms with E-state index < -0.39 is 11.6 Å². The largest absolute Gasteiger partial charge is 0.371 e. The Morgan fingerprint density at radius 1 is 1.04 bits per heavy atom. The molecule has 1 heterocycles. The molecular weight excluding hydrogens is 340 g/mol. The van der Waals surface area contributed by atoms with Gasteiger partial charge in [-0.15, -0.1) is 0 Å². The average molecular weight is 377 g/mol. The van der Waals surface area contributed by atoms with Gasteiger partial charge in [-0.25, -0.2) is 0 Å². The number of hydrogen-bond donors (Lipinski definition) is 2. The topological polar surface area (TPSA) is 64.0 Å². The van der Waals surface area contributed by atoms with E-state index in [4.69, 9.17) is 0 Å². The number of aliphatic hydroxyl groups is 1. The van der Waals surface area contributed by atoms with E-state index in [1.165, 1.54) is 50.0 Å². The minimum atomic E-state index is -1.06. The molecule has 5 heteroatoms. The lowest BCUT2D eigenvalue weighted by Crippen LogP contribution is -2.44. The Labute approximate surface area is 163 Å². The first kappa shape index (κ1) is 21.9. The van der Waals surface area contributed by atoms with Crippen molar-refractivity contribution in [1.29, 1.82) is 0 Å². The third kappa shape index (κ3) is 5.77. The second-order valence-electron chi connectivity index (χ2n) is 8.00. The number of ketones is 1. The quantitative estimate of drug-likeness (QED) is 0.507. The molecule has 1 aliphatic heterocycles. The molecule has 1 fully saturated rings. The van der Waals surface area contributed by atoms with Gasteiger partial charge in [-0.2, -0.15) is 0 Å². The van der Waals surface area contributed by atoms with Gasteiger partial charge in [-0.1, -0.05) is 81.7 Å². The molecule has 0 bridgehead atoms. The van der Waals surface area contributed by atoms with Crippen molar-refractivity contribution < 1.29 is 15.1 Å². The van der Waals surface area contributed by atoms with Crippen LogP contribution < -0.4 is 5.01 Å². The van der Waals surface area contributed by atoms with Gasteiger partial charge in [-0.3, -0.25) is 15.0 Å². The molecular formula is C22H36N2O3. The zero-order valence-corrected chi connectivity index (χ0v) is 16.9. The van der Waals surface area contributed by atoms with E-state index in [1.54, 1.807) is 6.92 Å². The van der Waals surface area contributed by atoms with Gasteiger partial charge in [-0.05, 0) is 25.5 Å². The molecule has 5 nitrogen and oxygen atoms in total. The second-order valence-corrected chi connectivity index (χ2v) is 8.00. The van der Waals surface area contributed by atoms with Gasteiger partial charge in [0.25, 0.3) is 0 Å². The highest BCUT2D eigenvalue weighted by atomic mass is 16.6. The summed E-state index contributed by atoms with van der Waals surface area (Å²) in [7, 11) is 0. The van der Waals surface area contributed by atoms with Gasteiger partial charge in [0.2, 0.25) is 0 Å². The number of nitrogens with zero attached hydrogens (tertiary/aromatic N) is 2. The van der Waals surface area contributed by atoms with Crippen LogP contribution in [-0.2, 0) is 4.79 Å². The van der Waals surface area contributed by atoms with Gasteiger partial charge < -0.3 is 5.11 Å². The van der Waals surface area contributed by atoms with Crippen LogP contribution in [0.15, 0.2) is 30.3 Å². The van der Waals surface area contributed by atoms with E-state index in [1.807, 2.05) is 30.3 Å². The zero-order chi connectivity index (χ0) is 19.7. The number of hydrazine groups is 1. The molecule has 2 rings (SSSR count). The van der Waals surface area contributed by atoms with E-state index in [2.05, 4.69) is 6.92 Å². The lowest BCUT2D eigenvalue weighted by Gasteiger charge is -2.30. The van der Waals surface area contributed by atoms with Crippen LogP contribution in [0.5, 0.6) is 0 Å². The Hall–Kier alpha value is -1.43. The first-order valence-electron chi connectivity index (χ1n) is 10.5. The van der Waals surface area contributed by atoms with E-state index in [9.17, 15) is 15.1 Å². The highest BCUT2D eigenvalue weighted by Gasteiger charge is 2.52. The Kier molecular flexibility index (Phi) is 8.74. The maximum atomic E-state index is 12.8. The Morgan fingerprint density at radius 2 is 1.59 bits per heavy atom. The average Bonchev–Trinajstić information content (AvgIpc) is 2.90. The monoisotopic (exact) mass is 376 g/mol. The Balaban J connectivity index is 1.75. The molecule has 0 radical (unpaired) electrons. The summed E-state index contributed by atoms with van der Waals surface area (Å²) in [4.78, 5) is 12.8. The maximum Gasteiger partial charge on any atom is 0.157 e.